The van der Waals surface area contributed by atoms with Crippen LogP contribution < -0.4 is 9.64 Å². The summed E-state index contributed by atoms with van der Waals surface area (Å²) in [4.78, 5) is 18.7. The predicted octanol–water partition coefficient (Wildman–Crippen LogP) is 5.38. The molecule has 7 heteroatoms. The number of anilines is 1. The molecule has 3 heterocycles. The van der Waals surface area contributed by atoms with Crippen molar-refractivity contribution in [1.29, 1.82) is 0 Å². The van der Waals surface area contributed by atoms with E-state index in [0.29, 0.717) is 24.7 Å². The first-order valence-corrected chi connectivity index (χ1v) is 11.9. The zero-order valence-corrected chi connectivity index (χ0v) is 19.4. The number of benzene rings is 2. The van der Waals surface area contributed by atoms with Crippen LogP contribution in [0.1, 0.15) is 0 Å². The van der Waals surface area contributed by atoms with E-state index in [1.54, 1.807) is 18.4 Å². The number of hydrogen-bond acceptors (Lipinski definition) is 4. The topological polar surface area (TPSA) is 37.7 Å². The number of carbonyl (C=O) groups is 1. The molecule has 0 bridgehead atoms. The van der Waals surface area contributed by atoms with Crippen LogP contribution in [0.2, 0.25) is 5.02 Å². The van der Waals surface area contributed by atoms with Crippen molar-refractivity contribution < 1.29 is 9.53 Å². The molecular formula is C25H24ClN3O2S. The minimum atomic E-state index is 0.143. The molecule has 1 fully saturated rings. The number of thiophene rings is 1. The van der Waals surface area contributed by atoms with Gasteiger partial charge in [-0.3, -0.25) is 4.79 Å². The number of rotatable bonds is 5. The van der Waals surface area contributed by atoms with E-state index in [4.69, 9.17) is 16.3 Å². The summed E-state index contributed by atoms with van der Waals surface area (Å²) in [5, 5.41) is 3.82. The van der Waals surface area contributed by atoms with Crippen LogP contribution in [0.5, 0.6) is 5.75 Å². The summed E-state index contributed by atoms with van der Waals surface area (Å²) >= 11 is 7.90. The summed E-state index contributed by atoms with van der Waals surface area (Å²) < 4.78 is 7.37. The number of aromatic nitrogens is 1. The van der Waals surface area contributed by atoms with Crippen molar-refractivity contribution in [3.8, 4) is 16.3 Å². The van der Waals surface area contributed by atoms with Crippen LogP contribution in [-0.4, -0.2) is 48.7 Å². The molecule has 0 radical (unpaired) electrons. The van der Waals surface area contributed by atoms with Crippen LogP contribution in [0.15, 0.2) is 66.0 Å². The molecular weight excluding hydrogens is 442 g/mol. The molecule has 0 aliphatic carbocycles. The fourth-order valence-corrected chi connectivity index (χ4v) is 5.21. The van der Waals surface area contributed by atoms with E-state index in [0.717, 1.165) is 46.0 Å². The van der Waals surface area contributed by atoms with Gasteiger partial charge in [0.2, 0.25) is 5.91 Å². The van der Waals surface area contributed by atoms with Crippen LogP contribution >= 0.6 is 22.9 Å². The zero-order valence-electron chi connectivity index (χ0n) is 17.8. The lowest BCUT2D eigenvalue weighted by molar-refractivity contribution is -0.132. The molecule has 0 atom stereocenters. The van der Waals surface area contributed by atoms with Gasteiger partial charge in [0.15, 0.2) is 0 Å². The zero-order chi connectivity index (χ0) is 22.1. The third kappa shape index (κ3) is 4.08. The normalized spacial score (nSPS) is 14.2. The van der Waals surface area contributed by atoms with Gasteiger partial charge in [0.05, 0.1) is 17.7 Å². The van der Waals surface area contributed by atoms with Crippen molar-refractivity contribution >= 4 is 45.4 Å². The second kappa shape index (κ2) is 8.88. The van der Waals surface area contributed by atoms with Crippen molar-refractivity contribution in [2.24, 2.45) is 0 Å². The average molecular weight is 466 g/mol. The van der Waals surface area contributed by atoms with Gasteiger partial charge in [-0.1, -0.05) is 17.7 Å². The molecule has 2 aromatic carbocycles. The Morgan fingerprint density at radius 3 is 2.50 bits per heavy atom. The number of amides is 1. The van der Waals surface area contributed by atoms with Gasteiger partial charge < -0.3 is 19.1 Å². The molecule has 1 aliphatic heterocycles. The van der Waals surface area contributed by atoms with Gasteiger partial charge in [0.1, 0.15) is 12.3 Å². The van der Waals surface area contributed by atoms with Crippen LogP contribution in [0, 0.1) is 0 Å². The lowest BCUT2D eigenvalue weighted by Crippen LogP contribution is -2.49. The molecule has 0 unspecified atom stereocenters. The number of carbonyl (C=O) groups excluding carboxylic acids is 1. The molecule has 2 aromatic heterocycles. The molecule has 32 heavy (non-hydrogen) atoms. The van der Waals surface area contributed by atoms with Crippen LogP contribution in [0.25, 0.3) is 21.5 Å². The Morgan fingerprint density at radius 2 is 1.81 bits per heavy atom. The number of hydrogen-bond donors (Lipinski definition) is 0. The minimum Gasteiger partial charge on any atom is -0.497 e. The van der Waals surface area contributed by atoms with Crippen LogP contribution in [0.3, 0.4) is 0 Å². The van der Waals surface area contributed by atoms with E-state index in [1.807, 2.05) is 41.3 Å². The molecule has 164 valence electrons. The van der Waals surface area contributed by atoms with Crippen molar-refractivity contribution in [2.75, 3.05) is 38.2 Å². The van der Waals surface area contributed by atoms with E-state index in [2.05, 4.69) is 39.1 Å². The Balaban J connectivity index is 1.33. The first kappa shape index (κ1) is 20.9. The minimum absolute atomic E-state index is 0.143. The molecule has 0 spiro atoms. The van der Waals surface area contributed by atoms with Crippen molar-refractivity contribution in [3.63, 3.8) is 0 Å². The number of ether oxygens (including phenoxy) is 1. The predicted molar refractivity (Wildman–Crippen MR) is 132 cm³/mol. The van der Waals surface area contributed by atoms with Gasteiger partial charge in [-0.25, -0.2) is 0 Å². The maximum atomic E-state index is 13.3. The maximum Gasteiger partial charge on any atom is 0.242 e. The fraction of sp³-hybridized carbons (Fsp3) is 0.240. The number of piperazine rings is 1. The Kier molecular flexibility index (Phi) is 5.81. The summed E-state index contributed by atoms with van der Waals surface area (Å²) in [6.07, 6.45) is 0. The fourth-order valence-electron chi connectivity index (χ4n) is 4.28. The third-order valence-electron chi connectivity index (χ3n) is 6.00. The van der Waals surface area contributed by atoms with E-state index >= 15 is 0 Å². The standard InChI is InChI=1S/C25H24ClN3O2S/c1-31-21-7-5-20(6-8-21)27-10-12-28(13-11-27)25(30)17-29-22-9-4-19(26)15-18(22)16-23(29)24-3-2-14-32-24/h2-9,14-16H,10-13,17H2,1H3. The number of methoxy groups -OCH3 is 1. The Hall–Kier alpha value is -2.96. The Labute approximate surface area is 196 Å². The molecule has 5 rings (SSSR count). The number of fused-ring (bicyclic) bond motifs is 1. The Morgan fingerprint density at radius 1 is 1.03 bits per heavy atom. The highest BCUT2D eigenvalue weighted by atomic mass is 35.5. The van der Waals surface area contributed by atoms with Gasteiger partial charge in [0.25, 0.3) is 0 Å². The summed E-state index contributed by atoms with van der Waals surface area (Å²) in [7, 11) is 1.67. The Bertz CT molecular complexity index is 1230. The van der Waals surface area contributed by atoms with Crippen LogP contribution in [-0.2, 0) is 11.3 Å². The first-order chi connectivity index (χ1) is 15.6. The number of halogens is 1. The molecule has 1 aliphatic rings. The molecule has 1 amide bonds. The van der Waals surface area contributed by atoms with Gasteiger partial charge in [-0.2, -0.15) is 0 Å². The van der Waals surface area contributed by atoms with Crippen LogP contribution in [0.4, 0.5) is 5.69 Å². The van der Waals surface area contributed by atoms with E-state index in [-0.39, 0.29) is 5.91 Å². The van der Waals surface area contributed by atoms with Gasteiger partial charge in [-0.15, -0.1) is 11.3 Å². The van der Waals surface area contributed by atoms with Crippen molar-refractivity contribution in [3.05, 3.63) is 71.1 Å². The first-order valence-electron chi connectivity index (χ1n) is 10.6. The number of nitrogens with zero attached hydrogens (tertiary/aromatic N) is 3. The highest BCUT2D eigenvalue weighted by Gasteiger charge is 2.23. The summed E-state index contributed by atoms with van der Waals surface area (Å²) in [6.45, 7) is 3.38. The molecule has 0 N–H and O–H groups in total. The highest BCUT2D eigenvalue weighted by molar-refractivity contribution is 7.13. The molecule has 5 nitrogen and oxygen atoms in total. The third-order valence-corrected chi connectivity index (χ3v) is 7.13. The van der Waals surface area contributed by atoms with Gasteiger partial charge >= 0.3 is 0 Å². The molecule has 0 saturated carbocycles. The smallest absolute Gasteiger partial charge is 0.242 e. The quantitative estimate of drug-likeness (QED) is 0.397. The second-order valence-electron chi connectivity index (χ2n) is 7.86. The van der Waals surface area contributed by atoms with E-state index in [1.165, 1.54) is 0 Å². The van der Waals surface area contributed by atoms with Crippen molar-refractivity contribution in [1.82, 2.24) is 9.47 Å². The lowest BCUT2D eigenvalue weighted by Gasteiger charge is -2.36. The largest absolute Gasteiger partial charge is 0.497 e. The molecule has 4 aromatic rings. The lowest BCUT2D eigenvalue weighted by atomic mass is 10.2. The second-order valence-corrected chi connectivity index (χ2v) is 9.25. The summed E-state index contributed by atoms with van der Waals surface area (Å²) in [5.74, 6) is 0.994. The summed E-state index contributed by atoms with van der Waals surface area (Å²) in [6, 6.07) is 20.2. The van der Waals surface area contributed by atoms with Gasteiger partial charge in [-0.05, 0) is 60.0 Å². The molecule has 1 saturated heterocycles. The van der Waals surface area contributed by atoms with Crippen molar-refractivity contribution in [2.45, 2.75) is 6.54 Å². The maximum absolute atomic E-state index is 13.3. The highest BCUT2D eigenvalue weighted by Crippen LogP contribution is 2.32. The van der Waals surface area contributed by atoms with E-state index in [9.17, 15) is 4.79 Å². The SMILES string of the molecule is COc1ccc(N2CCN(C(=O)Cn3c(-c4cccs4)cc4cc(Cl)ccc43)CC2)cc1. The monoisotopic (exact) mass is 465 g/mol. The van der Waals surface area contributed by atoms with E-state index < -0.39 is 0 Å². The van der Waals surface area contributed by atoms with Gasteiger partial charge in [0, 0.05) is 47.8 Å². The summed E-state index contributed by atoms with van der Waals surface area (Å²) in [5.41, 5.74) is 3.25. The average Bonchev–Trinajstić information content (AvgIpc) is 3.47.